The maximum atomic E-state index is 13.5. The minimum Gasteiger partial charge on any atom is -0.312 e. The van der Waals surface area contributed by atoms with Crippen molar-refractivity contribution in [1.82, 2.24) is 25.5 Å². The molecule has 182 valence electrons. The van der Waals surface area contributed by atoms with E-state index in [9.17, 15) is 9.18 Å². The molecule has 2 aliphatic rings. The minimum absolute atomic E-state index is 0.227. The Morgan fingerprint density at radius 1 is 1.09 bits per heavy atom. The van der Waals surface area contributed by atoms with Crippen LogP contribution in [-0.2, 0) is 6.42 Å². The predicted octanol–water partition coefficient (Wildman–Crippen LogP) is 5.14. The highest BCUT2D eigenvalue weighted by atomic mass is 35.5. The lowest BCUT2D eigenvalue weighted by molar-refractivity contribution is 0.0743. The van der Waals surface area contributed by atoms with E-state index in [0.29, 0.717) is 40.9 Å². The van der Waals surface area contributed by atoms with E-state index in [4.69, 9.17) is 28.3 Å². The Morgan fingerprint density at radius 3 is 2.60 bits per heavy atom. The zero-order chi connectivity index (χ0) is 24.4. The fourth-order valence-corrected chi connectivity index (χ4v) is 5.12. The lowest BCUT2D eigenvalue weighted by Gasteiger charge is -2.26. The number of carbonyl (C=O) groups is 1. The molecule has 0 radical (unpaired) electrons. The molecule has 0 bridgehead atoms. The van der Waals surface area contributed by atoms with Crippen LogP contribution in [0.15, 0.2) is 42.5 Å². The van der Waals surface area contributed by atoms with Gasteiger partial charge in [-0.15, -0.1) is 0 Å². The number of nitrogens with one attached hydrogen (secondary N) is 2. The number of carbonyl (C=O) groups excluding carboxylic acids is 1. The predicted molar refractivity (Wildman–Crippen MR) is 137 cm³/mol. The Hall–Kier alpha value is -2.71. The molecular weight excluding hydrogens is 488 g/mol. The first-order valence-electron chi connectivity index (χ1n) is 11.8. The summed E-state index contributed by atoms with van der Waals surface area (Å²) in [6.07, 6.45) is 5.91. The Bertz CT molecular complexity index is 1270. The molecule has 0 aliphatic carbocycles. The summed E-state index contributed by atoms with van der Waals surface area (Å²) in [6, 6.07) is 11.5. The van der Waals surface area contributed by atoms with Gasteiger partial charge in [0.25, 0.3) is 5.91 Å². The highest BCUT2D eigenvalue weighted by Gasteiger charge is 2.29. The molecule has 1 saturated heterocycles. The average Bonchev–Trinajstić information content (AvgIpc) is 3.10. The number of rotatable bonds is 4. The Morgan fingerprint density at radius 2 is 1.86 bits per heavy atom. The number of hydrogen-bond donors (Lipinski definition) is 2. The summed E-state index contributed by atoms with van der Waals surface area (Å²) in [4.78, 5) is 13.4. The second kappa shape index (κ2) is 10.5. The van der Waals surface area contributed by atoms with Crippen molar-refractivity contribution in [3.63, 3.8) is 0 Å². The van der Waals surface area contributed by atoms with Gasteiger partial charge >= 0.3 is 0 Å². The zero-order valence-electron chi connectivity index (χ0n) is 19.2. The summed E-state index contributed by atoms with van der Waals surface area (Å²) in [6.45, 7) is 2.91. The SMILES string of the molecule is O=C(NN1CCCCC1)c1nn(-c2ccc(Cl)cc2Cl)c2c1CCNCC2=Cc1ccc(F)cc1. The molecule has 1 fully saturated rings. The van der Waals surface area contributed by atoms with Crippen LogP contribution in [0, 0.1) is 5.82 Å². The maximum Gasteiger partial charge on any atom is 0.286 e. The molecule has 5 rings (SSSR count). The van der Waals surface area contributed by atoms with E-state index in [1.54, 1.807) is 35.0 Å². The van der Waals surface area contributed by atoms with Crippen molar-refractivity contribution < 1.29 is 9.18 Å². The van der Waals surface area contributed by atoms with E-state index in [1.165, 1.54) is 18.6 Å². The van der Waals surface area contributed by atoms with Gasteiger partial charge in [0.2, 0.25) is 0 Å². The monoisotopic (exact) mass is 513 g/mol. The molecule has 2 aromatic carbocycles. The number of halogens is 3. The van der Waals surface area contributed by atoms with E-state index >= 15 is 0 Å². The molecule has 3 aromatic rings. The van der Waals surface area contributed by atoms with Crippen molar-refractivity contribution in [2.24, 2.45) is 0 Å². The quantitative estimate of drug-likeness (QED) is 0.507. The van der Waals surface area contributed by atoms with Crippen LogP contribution >= 0.6 is 23.2 Å². The smallest absolute Gasteiger partial charge is 0.286 e. The summed E-state index contributed by atoms with van der Waals surface area (Å²) < 4.78 is 15.2. The lowest BCUT2D eigenvalue weighted by atomic mass is 10.0. The second-order valence-electron chi connectivity index (χ2n) is 8.82. The molecule has 1 aromatic heterocycles. The molecule has 9 heteroatoms. The van der Waals surface area contributed by atoms with Gasteiger partial charge in [-0.2, -0.15) is 5.10 Å². The van der Waals surface area contributed by atoms with Gasteiger partial charge in [0, 0.05) is 30.2 Å². The fourth-order valence-electron chi connectivity index (χ4n) is 4.63. The van der Waals surface area contributed by atoms with Crippen LogP contribution < -0.4 is 10.7 Å². The molecule has 0 spiro atoms. The van der Waals surface area contributed by atoms with Gasteiger partial charge in [-0.3, -0.25) is 10.2 Å². The first kappa shape index (κ1) is 24.0. The van der Waals surface area contributed by atoms with Crippen LogP contribution in [0.3, 0.4) is 0 Å². The van der Waals surface area contributed by atoms with E-state index in [1.807, 2.05) is 11.1 Å². The highest BCUT2D eigenvalue weighted by molar-refractivity contribution is 6.35. The average molecular weight is 514 g/mol. The number of hydrazine groups is 1. The van der Waals surface area contributed by atoms with Gasteiger partial charge in [-0.1, -0.05) is 41.8 Å². The molecule has 0 saturated carbocycles. The van der Waals surface area contributed by atoms with Gasteiger partial charge in [0.1, 0.15) is 5.82 Å². The maximum absolute atomic E-state index is 13.5. The molecule has 0 unspecified atom stereocenters. The number of benzene rings is 2. The third-order valence-corrected chi connectivity index (χ3v) is 6.87. The van der Waals surface area contributed by atoms with Crippen LogP contribution in [-0.4, -0.2) is 46.9 Å². The second-order valence-corrected chi connectivity index (χ2v) is 9.66. The molecule has 1 amide bonds. The Balaban J connectivity index is 1.64. The largest absolute Gasteiger partial charge is 0.312 e. The normalized spacial score (nSPS) is 17.7. The van der Waals surface area contributed by atoms with E-state index < -0.39 is 0 Å². The summed E-state index contributed by atoms with van der Waals surface area (Å²) >= 11 is 12.7. The van der Waals surface area contributed by atoms with Crippen LogP contribution in [0.5, 0.6) is 0 Å². The molecule has 6 nitrogen and oxygen atoms in total. The molecule has 0 atom stereocenters. The highest BCUT2D eigenvalue weighted by Crippen LogP contribution is 2.33. The molecule has 3 heterocycles. The Labute approximate surface area is 213 Å². The number of fused-ring (bicyclic) bond motifs is 1. The van der Waals surface area contributed by atoms with Crippen molar-refractivity contribution in [3.05, 3.63) is 80.8 Å². The Kier molecular flexibility index (Phi) is 7.20. The van der Waals surface area contributed by atoms with Gasteiger partial charge in [-0.05, 0) is 73.4 Å². The van der Waals surface area contributed by atoms with Crippen LogP contribution in [0.25, 0.3) is 17.3 Å². The standard InChI is InChI=1S/C26H26Cl2FN5O/c27-19-6-9-23(22(28)15-19)34-25-18(14-17-4-7-20(29)8-5-17)16-30-11-10-21(25)24(31-34)26(35)32-33-12-2-1-3-13-33/h4-9,14-15,30H,1-3,10-13,16H2,(H,32,35). The molecule has 2 N–H and O–H groups in total. The number of amides is 1. The zero-order valence-corrected chi connectivity index (χ0v) is 20.7. The van der Waals surface area contributed by atoms with E-state index in [-0.39, 0.29) is 11.7 Å². The first-order valence-corrected chi connectivity index (χ1v) is 12.6. The van der Waals surface area contributed by atoms with Crippen molar-refractivity contribution in [1.29, 1.82) is 0 Å². The van der Waals surface area contributed by atoms with E-state index in [0.717, 1.165) is 48.3 Å². The topological polar surface area (TPSA) is 62.2 Å². The number of aromatic nitrogens is 2. The summed E-state index contributed by atoms with van der Waals surface area (Å²) in [7, 11) is 0. The van der Waals surface area contributed by atoms with Crippen LogP contribution in [0.1, 0.15) is 46.6 Å². The summed E-state index contributed by atoms with van der Waals surface area (Å²) in [5.41, 5.74) is 7.51. The van der Waals surface area contributed by atoms with Crippen molar-refractivity contribution >= 4 is 40.8 Å². The molecular formula is C26H26Cl2FN5O. The summed E-state index contributed by atoms with van der Waals surface area (Å²) in [5.74, 6) is -0.517. The molecule has 35 heavy (non-hydrogen) atoms. The van der Waals surface area contributed by atoms with Gasteiger partial charge < -0.3 is 5.32 Å². The third kappa shape index (κ3) is 5.28. The summed E-state index contributed by atoms with van der Waals surface area (Å²) in [5, 5.41) is 11.1. The van der Waals surface area contributed by atoms with E-state index in [2.05, 4.69) is 10.7 Å². The lowest BCUT2D eigenvalue weighted by Crippen LogP contribution is -2.45. The van der Waals surface area contributed by atoms with Crippen molar-refractivity contribution in [3.8, 4) is 5.69 Å². The molecule has 2 aliphatic heterocycles. The number of piperidine rings is 1. The number of nitrogens with zero attached hydrogens (tertiary/aromatic N) is 3. The van der Waals surface area contributed by atoms with Gasteiger partial charge in [-0.25, -0.2) is 14.1 Å². The van der Waals surface area contributed by atoms with Gasteiger partial charge in [0.05, 0.1) is 16.4 Å². The fraction of sp³-hybridized carbons (Fsp3) is 0.308. The van der Waals surface area contributed by atoms with Crippen molar-refractivity contribution in [2.75, 3.05) is 26.2 Å². The number of hydrogen-bond acceptors (Lipinski definition) is 4. The van der Waals surface area contributed by atoms with Crippen LogP contribution in [0.4, 0.5) is 4.39 Å². The third-order valence-electron chi connectivity index (χ3n) is 6.33. The van der Waals surface area contributed by atoms with Crippen molar-refractivity contribution in [2.45, 2.75) is 25.7 Å². The first-order chi connectivity index (χ1) is 17.0. The van der Waals surface area contributed by atoms with Gasteiger partial charge in [0.15, 0.2) is 5.69 Å². The minimum atomic E-state index is -0.290. The van der Waals surface area contributed by atoms with Crippen LogP contribution in [0.2, 0.25) is 10.0 Å².